The highest BCUT2D eigenvalue weighted by atomic mass is 32.1. The van der Waals surface area contributed by atoms with Crippen molar-refractivity contribution in [3.63, 3.8) is 0 Å². The molecule has 0 radical (unpaired) electrons. The Morgan fingerprint density at radius 3 is 2.38 bits per heavy atom. The number of hydrogen-bond acceptors (Lipinski definition) is 7. The number of piperazine rings is 1. The molecule has 2 saturated heterocycles. The van der Waals surface area contributed by atoms with Crippen LogP contribution in [0.2, 0.25) is 0 Å². The number of nitrogens with one attached hydrogen (secondary N) is 1. The topological polar surface area (TPSA) is 93.3 Å². The van der Waals surface area contributed by atoms with Crippen LogP contribution in [0.15, 0.2) is 29.6 Å². The Bertz CT molecular complexity index is 1120. The number of hydrogen-bond donors (Lipinski definition) is 1. The maximum absolute atomic E-state index is 13.0. The zero-order chi connectivity index (χ0) is 22.4. The summed E-state index contributed by atoms with van der Waals surface area (Å²) >= 11 is 1.76. The van der Waals surface area contributed by atoms with Gasteiger partial charge in [0.1, 0.15) is 0 Å². The molecule has 3 aliphatic rings. The van der Waals surface area contributed by atoms with Gasteiger partial charge in [0.05, 0.1) is 17.7 Å². The molecule has 1 N–H and O–H groups in total. The smallest absolute Gasteiger partial charge is 0.343 e. The number of carbonyl (C=O) groups is 4. The fourth-order valence-electron chi connectivity index (χ4n) is 4.36. The Morgan fingerprint density at radius 1 is 0.938 bits per heavy atom. The maximum atomic E-state index is 13.0. The van der Waals surface area contributed by atoms with Crippen LogP contribution >= 0.6 is 11.3 Å². The van der Waals surface area contributed by atoms with E-state index in [2.05, 4.69) is 33.5 Å². The minimum Gasteiger partial charge on any atom is -0.368 e. The Hall–Kier alpha value is -3.24. The van der Waals surface area contributed by atoms with Crippen LogP contribution < -0.4 is 10.2 Å². The number of amides is 5. The number of nitrogens with zero attached hydrogens (tertiary/aromatic N) is 4. The molecule has 1 aromatic carbocycles. The lowest BCUT2D eigenvalue weighted by Crippen LogP contribution is -2.58. The predicted molar refractivity (Wildman–Crippen MR) is 118 cm³/mol. The van der Waals surface area contributed by atoms with E-state index in [4.69, 9.17) is 0 Å². The molecule has 0 atom stereocenters. The SMILES string of the molecule is Cc1cc(N2CCN(Cc3ccc4c(c3)C(=O)N(N3CCC(=O)NC3=O)C4=O)CC2)cs1. The number of aryl methyl sites for hydroxylation is 1. The monoisotopic (exact) mass is 453 g/mol. The molecule has 2 aromatic rings. The van der Waals surface area contributed by atoms with Crippen molar-refractivity contribution < 1.29 is 19.2 Å². The van der Waals surface area contributed by atoms with Gasteiger partial charge in [0.15, 0.2) is 0 Å². The first-order valence-electron chi connectivity index (χ1n) is 10.6. The van der Waals surface area contributed by atoms with Crippen LogP contribution in [0.5, 0.6) is 0 Å². The van der Waals surface area contributed by atoms with Gasteiger partial charge in [-0.2, -0.15) is 5.01 Å². The van der Waals surface area contributed by atoms with Crippen LogP contribution in [-0.2, 0) is 11.3 Å². The van der Waals surface area contributed by atoms with E-state index in [9.17, 15) is 19.2 Å². The number of hydrazine groups is 1. The summed E-state index contributed by atoms with van der Waals surface area (Å²) in [6.45, 7) is 6.49. The van der Waals surface area contributed by atoms with E-state index < -0.39 is 23.8 Å². The van der Waals surface area contributed by atoms with Crippen molar-refractivity contribution in [3.8, 4) is 0 Å². The molecule has 4 heterocycles. The number of benzene rings is 1. The van der Waals surface area contributed by atoms with Gasteiger partial charge in [0.2, 0.25) is 5.91 Å². The number of urea groups is 1. The number of anilines is 1. The highest BCUT2D eigenvalue weighted by molar-refractivity contribution is 7.10. The zero-order valence-electron chi connectivity index (χ0n) is 17.7. The molecule has 0 unspecified atom stereocenters. The lowest BCUT2D eigenvalue weighted by Gasteiger charge is -2.35. The molecule has 2 fully saturated rings. The van der Waals surface area contributed by atoms with Crippen LogP contribution in [0.1, 0.15) is 37.6 Å². The number of imide groups is 2. The molecule has 0 aliphatic carbocycles. The molecule has 3 aliphatic heterocycles. The van der Waals surface area contributed by atoms with Crippen LogP contribution in [0.4, 0.5) is 10.5 Å². The third kappa shape index (κ3) is 3.65. The average molecular weight is 454 g/mol. The first-order valence-corrected chi connectivity index (χ1v) is 11.4. The number of fused-ring (bicyclic) bond motifs is 1. The summed E-state index contributed by atoms with van der Waals surface area (Å²) in [7, 11) is 0. The molecule has 0 spiro atoms. The van der Waals surface area contributed by atoms with Gasteiger partial charge >= 0.3 is 6.03 Å². The van der Waals surface area contributed by atoms with E-state index in [-0.39, 0.29) is 18.5 Å². The molecular weight excluding hydrogens is 430 g/mol. The summed E-state index contributed by atoms with van der Waals surface area (Å²) in [6.07, 6.45) is 0.0430. The van der Waals surface area contributed by atoms with E-state index in [0.29, 0.717) is 12.1 Å². The van der Waals surface area contributed by atoms with Crippen molar-refractivity contribution in [1.29, 1.82) is 0 Å². The number of carbonyl (C=O) groups excluding carboxylic acids is 4. The van der Waals surface area contributed by atoms with Gasteiger partial charge in [0.25, 0.3) is 11.8 Å². The molecule has 0 bridgehead atoms. The fourth-order valence-corrected chi connectivity index (χ4v) is 5.07. The molecular formula is C22H23N5O4S. The molecule has 166 valence electrons. The Balaban J connectivity index is 1.26. The van der Waals surface area contributed by atoms with Crippen molar-refractivity contribution in [3.05, 3.63) is 51.2 Å². The van der Waals surface area contributed by atoms with Crippen molar-refractivity contribution in [2.24, 2.45) is 0 Å². The van der Waals surface area contributed by atoms with Crippen LogP contribution in [-0.4, -0.2) is 71.4 Å². The Labute approximate surface area is 189 Å². The predicted octanol–water partition coefficient (Wildman–Crippen LogP) is 1.83. The van der Waals surface area contributed by atoms with Gasteiger partial charge in [-0.25, -0.2) is 9.80 Å². The van der Waals surface area contributed by atoms with Gasteiger partial charge in [0, 0.05) is 55.1 Å². The molecule has 5 amide bonds. The highest BCUT2D eigenvalue weighted by Gasteiger charge is 2.43. The Morgan fingerprint density at radius 2 is 1.69 bits per heavy atom. The summed E-state index contributed by atoms with van der Waals surface area (Å²) in [4.78, 5) is 55.3. The average Bonchev–Trinajstić information content (AvgIpc) is 3.31. The summed E-state index contributed by atoms with van der Waals surface area (Å²) in [5, 5.41) is 6.20. The standard InChI is InChI=1S/C22H23N5O4S/c1-14-10-16(13-32-14)25-8-6-24(7-9-25)12-15-2-3-17-18(11-15)21(30)27(20(17)29)26-5-4-19(28)23-22(26)31/h2-3,10-11,13H,4-9,12H2,1H3,(H,23,28,31). The first-order chi connectivity index (χ1) is 15.4. The number of rotatable bonds is 4. The minimum atomic E-state index is -0.755. The van der Waals surface area contributed by atoms with Crippen molar-refractivity contribution >= 4 is 40.8 Å². The largest absolute Gasteiger partial charge is 0.368 e. The van der Waals surface area contributed by atoms with Gasteiger partial charge < -0.3 is 4.90 Å². The van der Waals surface area contributed by atoms with E-state index in [1.807, 2.05) is 6.07 Å². The molecule has 1 aromatic heterocycles. The summed E-state index contributed by atoms with van der Waals surface area (Å²) in [5.74, 6) is -1.49. The molecule has 5 rings (SSSR count). The quantitative estimate of drug-likeness (QED) is 0.710. The molecule has 0 saturated carbocycles. The lowest BCUT2D eigenvalue weighted by molar-refractivity contribution is -0.122. The van der Waals surface area contributed by atoms with Gasteiger partial charge in [-0.1, -0.05) is 6.07 Å². The van der Waals surface area contributed by atoms with Gasteiger partial charge in [-0.15, -0.1) is 11.3 Å². The maximum Gasteiger partial charge on any atom is 0.343 e. The second kappa shape index (κ2) is 8.03. The van der Waals surface area contributed by atoms with Crippen molar-refractivity contribution in [1.82, 2.24) is 20.2 Å². The van der Waals surface area contributed by atoms with E-state index >= 15 is 0 Å². The zero-order valence-corrected chi connectivity index (χ0v) is 18.5. The molecule has 9 nitrogen and oxygen atoms in total. The second-order valence-corrected chi connectivity index (χ2v) is 9.32. The lowest BCUT2D eigenvalue weighted by atomic mass is 10.1. The van der Waals surface area contributed by atoms with Crippen molar-refractivity contribution in [2.45, 2.75) is 19.9 Å². The third-order valence-electron chi connectivity index (χ3n) is 6.06. The van der Waals surface area contributed by atoms with E-state index in [0.717, 1.165) is 41.8 Å². The summed E-state index contributed by atoms with van der Waals surface area (Å²) < 4.78 is 0. The van der Waals surface area contributed by atoms with Crippen LogP contribution in [0.25, 0.3) is 0 Å². The highest BCUT2D eigenvalue weighted by Crippen LogP contribution is 2.28. The number of thiophene rings is 1. The Kier molecular flexibility index (Phi) is 5.18. The van der Waals surface area contributed by atoms with Crippen molar-refractivity contribution in [2.75, 3.05) is 37.6 Å². The molecule has 32 heavy (non-hydrogen) atoms. The van der Waals surface area contributed by atoms with E-state index in [1.165, 1.54) is 10.6 Å². The van der Waals surface area contributed by atoms with Crippen LogP contribution in [0, 0.1) is 6.92 Å². The van der Waals surface area contributed by atoms with Crippen LogP contribution in [0.3, 0.4) is 0 Å². The molecule has 10 heteroatoms. The first kappa shape index (κ1) is 20.7. The summed E-state index contributed by atoms with van der Waals surface area (Å²) in [5.41, 5.74) is 2.80. The minimum absolute atomic E-state index is 0.00305. The van der Waals surface area contributed by atoms with Gasteiger partial charge in [-0.05, 0) is 30.7 Å². The second-order valence-electron chi connectivity index (χ2n) is 8.21. The summed E-state index contributed by atoms with van der Waals surface area (Å²) in [6, 6.07) is 6.73. The fraction of sp³-hybridized carbons (Fsp3) is 0.364. The van der Waals surface area contributed by atoms with E-state index in [1.54, 1.807) is 23.5 Å². The normalized spacial score (nSPS) is 19.6. The third-order valence-corrected chi connectivity index (χ3v) is 6.91. The van der Waals surface area contributed by atoms with Gasteiger partial charge in [-0.3, -0.25) is 24.6 Å².